The maximum absolute atomic E-state index is 10.0. The Morgan fingerprint density at radius 3 is 2.48 bits per heavy atom. The van der Waals surface area contributed by atoms with Gasteiger partial charge < -0.3 is 19.9 Å². The summed E-state index contributed by atoms with van der Waals surface area (Å²) in [7, 11) is 0. The Bertz CT molecular complexity index is 1050. The van der Waals surface area contributed by atoms with Gasteiger partial charge in [-0.15, -0.1) is 0 Å². The third-order valence-electron chi connectivity index (χ3n) is 7.78. The highest BCUT2D eigenvalue weighted by atomic mass is 16.3. The highest BCUT2D eigenvalue weighted by Gasteiger charge is 2.28. The number of aliphatic hydroxyl groups is 1. The molecule has 2 aliphatic rings. The zero-order chi connectivity index (χ0) is 22.8. The second kappa shape index (κ2) is 9.82. The van der Waals surface area contributed by atoms with Crippen molar-refractivity contribution < 1.29 is 5.11 Å². The molecule has 176 valence electrons. The van der Waals surface area contributed by atoms with E-state index in [0.717, 1.165) is 37.9 Å². The quantitative estimate of drug-likeness (QED) is 0.538. The number of nitrogens with one attached hydrogen (secondary N) is 1. The fourth-order valence-corrected chi connectivity index (χ4v) is 5.64. The normalized spacial score (nSPS) is 23.6. The topological polar surface area (TPSA) is 66.2 Å². The average molecular weight is 448 g/mol. The minimum atomic E-state index is -0.153. The van der Waals surface area contributed by atoms with E-state index in [1.54, 1.807) is 0 Å². The predicted octanol–water partition coefficient (Wildman–Crippen LogP) is 5.28. The third kappa shape index (κ3) is 4.78. The third-order valence-corrected chi connectivity index (χ3v) is 7.78. The summed E-state index contributed by atoms with van der Waals surface area (Å²) in [5, 5.41) is 14.8. The molecule has 2 aromatic heterocycles. The van der Waals surface area contributed by atoms with E-state index in [9.17, 15) is 5.11 Å². The maximum Gasteiger partial charge on any atom is 0.225 e. The van der Waals surface area contributed by atoms with Crippen LogP contribution in [0.2, 0.25) is 0 Å². The van der Waals surface area contributed by atoms with Crippen LogP contribution < -0.4 is 5.32 Å². The van der Waals surface area contributed by atoms with Crippen LogP contribution in [0.25, 0.3) is 11.0 Å². The van der Waals surface area contributed by atoms with E-state index < -0.39 is 0 Å². The fourth-order valence-electron chi connectivity index (χ4n) is 5.64. The van der Waals surface area contributed by atoms with Crippen LogP contribution >= 0.6 is 0 Å². The van der Waals surface area contributed by atoms with Crippen molar-refractivity contribution in [3.05, 3.63) is 53.9 Å². The van der Waals surface area contributed by atoms with Gasteiger partial charge in [0, 0.05) is 23.8 Å². The van der Waals surface area contributed by atoms with Gasteiger partial charge in [-0.05, 0) is 82.1 Å². The SMILES string of the molecule is CCN1CCC(c2cn(C3CCC(O)CC3)c3nc(N[C@@H](C)c4ccccc4)ncc23)CC1. The van der Waals surface area contributed by atoms with Gasteiger partial charge in [0.1, 0.15) is 5.65 Å². The number of likely N-dealkylation sites (tertiary alicyclic amines) is 1. The minimum Gasteiger partial charge on any atom is -0.393 e. The van der Waals surface area contributed by atoms with Crippen molar-refractivity contribution in [1.82, 2.24) is 19.4 Å². The number of anilines is 1. The van der Waals surface area contributed by atoms with E-state index in [2.05, 4.69) is 59.1 Å². The lowest BCUT2D eigenvalue weighted by Crippen LogP contribution is -2.32. The largest absolute Gasteiger partial charge is 0.393 e. The monoisotopic (exact) mass is 447 g/mol. The number of nitrogens with zero attached hydrogens (tertiary/aromatic N) is 4. The van der Waals surface area contributed by atoms with Gasteiger partial charge in [-0.2, -0.15) is 4.98 Å². The Morgan fingerprint density at radius 2 is 1.79 bits per heavy atom. The van der Waals surface area contributed by atoms with Crippen LogP contribution in [0, 0.1) is 0 Å². The van der Waals surface area contributed by atoms with Gasteiger partial charge >= 0.3 is 0 Å². The molecule has 2 N–H and O–H groups in total. The minimum absolute atomic E-state index is 0.134. The molecule has 6 nitrogen and oxygen atoms in total. The molecular weight excluding hydrogens is 410 g/mol. The van der Waals surface area contributed by atoms with Crippen molar-refractivity contribution in [3.8, 4) is 0 Å². The Hall–Kier alpha value is -2.44. The van der Waals surface area contributed by atoms with Crippen molar-refractivity contribution in [2.45, 2.75) is 76.5 Å². The first-order valence-electron chi connectivity index (χ1n) is 12.7. The van der Waals surface area contributed by atoms with Gasteiger partial charge in [-0.25, -0.2) is 4.98 Å². The van der Waals surface area contributed by atoms with Crippen LogP contribution in [0.5, 0.6) is 0 Å². The molecule has 0 radical (unpaired) electrons. The van der Waals surface area contributed by atoms with E-state index in [0.29, 0.717) is 17.9 Å². The number of hydrogen-bond acceptors (Lipinski definition) is 5. The highest BCUT2D eigenvalue weighted by Crippen LogP contribution is 2.38. The lowest BCUT2D eigenvalue weighted by atomic mass is 9.90. The highest BCUT2D eigenvalue weighted by molar-refractivity contribution is 5.81. The van der Waals surface area contributed by atoms with E-state index in [-0.39, 0.29) is 12.1 Å². The number of hydrogen-bond donors (Lipinski definition) is 2. The molecule has 6 heteroatoms. The molecule has 0 spiro atoms. The molecule has 5 rings (SSSR count). The molecule has 2 fully saturated rings. The summed E-state index contributed by atoms with van der Waals surface area (Å²) in [6.45, 7) is 7.87. The molecule has 1 saturated carbocycles. The van der Waals surface area contributed by atoms with E-state index in [1.807, 2.05) is 12.3 Å². The summed E-state index contributed by atoms with van der Waals surface area (Å²) < 4.78 is 2.41. The van der Waals surface area contributed by atoms with Gasteiger partial charge in [0.05, 0.1) is 12.1 Å². The number of aromatic nitrogens is 3. The molecular formula is C27H37N5O. The Balaban J connectivity index is 1.47. The zero-order valence-electron chi connectivity index (χ0n) is 20.0. The van der Waals surface area contributed by atoms with Crippen LogP contribution in [0.4, 0.5) is 5.95 Å². The van der Waals surface area contributed by atoms with E-state index >= 15 is 0 Å². The van der Waals surface area contributed by atoms with Gasteiger partial charge in [0.25, 0.3) is 0 Å². The van der Waals surface area contributed by atoms with Crippen molar-refractivity contribution in [2.24, 2.45) is 0 Å². The van der Waals surface area contributed by atoms with Crippen LogP contribution in [0.1, 0.15) is 81.5 Å². The summed E-state index contributed by atoms with van der Waals surface area (Å²) in [5.74, 6) is 1.25. The molecule has 3 aromatic rings. The summed E-state index contributed by atoms with van der Waals surface area (Å²) in [6, 6.07) is 11.0. The van der Waals surface area contributed by atoms with Gasteiger partial charge in [-0.3, -0.25) is 0 Å². The second-order valence-corrected chi connectivity index (χ2v) is 9.87. The number of benzene rings is 1. The summed E-state index contributed by atoms with van der Waals surface area (Å²) in [5.41, 5.74) is 3.68. The molecule has 1 aliphatic heterocycles. The van der Waals surface area contributed by atoms with Crippen LogP contribution in [-0.4, -0.2) is 50.3 Å². The smallest absolute Gasteiger partial charge is 0.225 e. The maximum atomic E-state index is 10.0. The first-order chi connectivity index (χ1) is 16.1. The van der Waals surface area contributed by atoms with Crippen molar-refractivity contribution in [3.63, 3.8) is 0 Å². The van der Waals surface area contributed by atoms with Gasteiger partial charge in [-0.1, -0.05) is 37.3 Å². The standard InChI is InChI=1S/C27H37N5O/c1-3-31-15-13-21(14-16-31)25-18-32(22-9-11-23(33)12-10-22)26-24(25)17-28-27(30-26)29-19(2)20-7-5-4-6-8-20/h4-8,17-19,21-23,33H,3,9-16H2,1-2H3,(H,28,29,30)/t19-,22?,23?/m0/s1. The Morgan fingerprint density at radius 1 is 1.06 bits per heavy atom. The summed E-state index contributed by atoms with van der Waals surface area (Å²) in [6.07, 6.45) is 10.4. The molecule has 0 unspecified atom stereocenters. The zero-order valence-corrected chi connectivity index (χ0v) is 20.0. The van der Waals surface area contributed by atoms with E-state index in [1.165, 1.54) is 42.4 Å². The molecule has 3 heterocycles. The fraction of sp³-hybridized carbons (Fsp3) is 0.556. The molecule has 1 aliphatic carbocycles. The molecule has 1 aromatic carbocycles. The molecule has 0 amide bonds. The first-order valence-corrected chi connectivity index (χ1v) is 12.7. The number of rotatable bonds is 6. The van der Waals surface area contributed by atoms with E-state index in [4.69, 9.17) is 9.97 Å². The van der Waals surface area contributed by atoms with Crippen LogP contribution in [0.3, 0.4) is 0 Å². The molecule has 33 heavy (non-hydrogen) atoms. The number of aliphatic hydroxyl groups excluding tert-OH is 1. The predicted molar refractivity (Wildman–Crippen MR) is 134 cm³/mol. The van der Waals surface area contributed by atoms with Crippen molar-refractivity contribution in [2.75, 3.05) is 25.0 Å². The summed E-state index contributed by atoms with van der Waals surface area (Å²) in [4.78, 5) is 12.3. The van der Waals surface area contributed by atoms with Gasteiger partial charge in [0.15, 0.2) is 0 Å². The molecule has 0 bridgehead atoms. The second-order valence-electron chi connectivity index (χ2n) is 9.87. The number of piperidine rings is 1. The summed E-state index contributed by atoms with van der Waals surface area (Å²) >= 11 is 0. The van der Waals surface area contributed by atoms with Crippen molar-refractivity contribution >= 4 is 17.0 Å². The molecule has 1 saturated heterocycles. The first kappa shape index (κ1) is 22.4. The molecule has 1 atom stereocenters. The lowest BCUT2D eigenvalue weighted by Gasteiger charge is -2.31. The van der Waals surface area contributed by atoms with Gasteiger partial charge in [0.2, 0.25) is 5.95 Å². The Labute approximate surface area is 197 Å². The van der Waals surface area contributed by atoms with Crippen LogP contribution in [0.15, 0.2) is 42.7 Å². The van der Waals surface area contributed by atoms with Crippen LogP contribution in [-0.2, 0) is 0 Å². The average Bonchev–Trinajstić information content (AvgIpc) is 3.24. The number of fused-ring (bicyclic) bond motifs is 1. The van der Waals surface area contributed by atoms with Crippen molar-refractivity contribution in [1.29, 1.82) is 0 Å². The Kier molecular flexibility index (Phi) is 6.65. The lowest BCUT2D eigenvalue weighted by molar-refractivity contribution is 0.111.